The number of halogens is 1. The van der Waals surface area contributed by atoms with Gasteiger partial charge in [-0.2, -0.15) is 0 Å². The maximum atomic E-state index is 13.7. The van der Waals surface area contributed by atoms with E-state index in [-0.39, 0.29) is 23.7 Å². The molecular formula is C30H24BrNO4. The van der Waals surface area contributed by atoms with E-state index in [9.17, 15) is 9.59 Å². The Kier molecular flexibility index (Phi) is 5.56. The molecular weight excluding hydrogens is 518 g/mol. The molecule has 3 aliphatic rings. The van der Waals surface area contributed by atoms with Crippen molar-refractivity contribution >= 4 is 39.0 Å². The highest BCUT2D eigenvalue weighted by molar-refractivity contribution is 9.10. The van der Waals surface area contributed by atoms with Gasteiger partial charge >= 0.3 is 0 Å². The molecule has 0 aromatic heterocycles. The van der Waals surface area contributed by atoms with Crippen LogP contribution in [-0.2, 0) is 9.59 Å². The Balaban J connectivity index is 1.48. The fraction of sp³-hybridized carbons (Fsp3) is 0.200. The summed E-state index contributed by atoms with van der Waals surface area (Å²) in [6, 6.07) is 23.3. The van der Waals surface area contributed by atoms with Crippen LogP contribution >= 0.6 is 15.9 Å². The topological polar surface area (TPSA) is 55.8 Å². The number of carbonyl (C=O) groups excluding carboxylic acids is 2. The van der Waals surface area contributed by atoms with E-state index in [2.05, 4.69) is 28.1 Å². The van der Waals surface area contributed by atoms with E-state index in [1.807, 2.05) is 72.8 Å². The predicted octanol–water partition coefficient (Wildman–Crippen LogP) is 5.89. The molecule has 1 heterocycles. The lowest BCUT2D eigenvalue weighted by atomic mass is 9.85. The molecule has 0 radical (unpaired) electrons. The molecule has 2 fully saturated rings. The number of para-hydroxylation sites is 1. The highest BCUT2D eigenvalue weighted by atomic mass is 79.9. The van der Waals surface area contributed by atoms with Crippen molar-refractivity contribution in [3.63, 3.8) is 0 Å². The van der Waals surface area contributed by atoms with Crippen molar-refractivity contribution in [2.45, 2.75) is 0 Å². The third kappa shape index (κ3) is 3.35. The van der Waals surface area contributed by atoms with Crippen molar-refractivity contribution in [3.05, 3.63) is 106 Å². The van der Waals surface area contributed by atoms with Gasteiger partial charge in [0.15, 0.2) is 0 Å². The van der Waals surface area contributed by atoms with Crippen LogP contribution in [-0.4, -0.2) is 26.0 Å². The molecule has 1 saturated carbocycles. The van der Waals surface area contributed by atoms with Crippen molar-refractivity contribution in [2.75, 3.05) is 19.1 Å². The van der Waals surface area contributed by atoms with Gasteiger partial charge in [-0.05, 0) is 74.6 Å². The van der Waals surface area contributed by atoms with Crippen molar-refractivity contribution in [1.82, 2.24) is 0 Å². The number of allylic oxidation sites excluding steroid dienone is 3. The van der Waals surface area contributed by atoms with E-state index in [0.29, 0.717) is 5.69 Å². The number of carbonyl (C=O) groups is 2. The first-order valence-corrected chi connectivity index (χ1v) is 12.7. The Morgan fingerprint density at radius 1 is 0.722 bits per heavy atom. The third-order valence-electron chi connectivity index (χ3n) is 7.56. The van der Waals surface area contributed by atoms with Crippen molar-refractivity contribution < 1.29 is 19.1 Å². The van der Waals surface area contributed by atoms with Crippen molar-refractivity contribution in [3.8, 4) is 11.5 Å². The number of hydrogen-bond acceptors (Lipinski definition) is 4. The first kappa shape index (κ1) is 22.8. The Hall–Kier alpha value is -3.64. The second kappa shape index (κ2) is 8.79. The Labute approximate surface area is 218 Å². The smallest absolute Gasteiger partial charge is 0.238 e. The number of fused-ring (bicyclic) bond motifs is 5. The summed E-state index contributed by atoms with van der Waals surface area (Å²) in [6.45, 7) is 0. The molecule has 36 heavy (non-hydrogen) atoms. The van der Waals surface area contributed by atoms with E-state index in [4.69, 9.17) is 9.47 Å². The summed E-state index contributed by atoms with van der Waals surface area (Å²) in [5.74, 6) is 0.215. The van der Waals surface area contributed by atoms with Crippen LogP contribution in [0.2, 0.25) is 0 Å². The molecule has 0 unspecified atom stereocenters. The lowest BCUT2D eigenvalue weighted by Crippen LogP contribution is -2.33. The largest absolute Gasteiger partial charge is 0.497 e. The number of anilines is 1. The normalized spacial score (nSPS) is 23.9. The number of imide groups is 1. The summed E-state index contributed by atoms with van der Waals surface area (Å²) in [6.07, 6.45) is 4.23. The fourth-order valence-corrected chi connectivity index (χ4v) is 6.44. The third-order valence-corrected chi connectivity index (χ3v) is 8.23. The highest BCUT2D eigenvalue weighted by Gasteiger charge is 2.62. The van der Waals surface area contributed by atoms with Gasteiger partial charge in [0.05, 0.1) is 31.7 Å². The van der Waals surface area contributed by atoms with Gasteiger partial charge in [0, 0.05) is 16.3 Å². The summed E-state index contributed by atoms with van der Waals surface area (Å²) < 4.78 is 11.5. The minimum atomic E-state index is -0.402. The van der Waals surface area contributed by atoms with E-state index in [1.165, 1.54) is 4.90 Å². The van der Waals surface area contributed by atoms with Crippen LogP contribution in [0, 0.1) is 23.7 Å². The summed E-state index contributed by atoms with van der Waals surface area (Å²) in [5.41, 5.74) is 4.85. The highest BCUT2D eigenvalue weighted by Crippen LogP contribution is 2.59. The molecule has 2 bridgehead atoms. The molecule has 0 N–H and O–H groups in total. The monoisotopic (exact) mass is 541 g/mol. The second-order valence-corrected chi connectivity index (χ2v) is 10.1. The molecule has 6 rings (SSSR count). The molecule has 3 aromatic carbocycles. The number of ether oxygens (including phenoxy) is 2. The van der Waals surface area contributed by atoms with E-state index in [1.54, 1.807) is 14.2 Å². The summed E-state index contributed by atoms with van der Waals surface area (Å²) in [7, 11) is 3.29. The van der Waals surface area contributed by atoms with Gasteiger partial charge in [0.1, 0.15) is 11.5 Å². The van der Waals surface area contributed by atoms with Gasteiger partial charge in [-0.1, -0.05) is 48.6 Å². The van der Waals surface area contributed by atoms with Gasteiger partial charge in [0.2, 0.25) is 11.8 Å². The van der Waals surface area contributed by atoms with Gasteiger partial charge in [-0.25, -0.2) is 4.90 Å². The number of benzene rings is 3. The van der Waals surface area contributed by atoms with Crippen LogP contribution < -0.4 is 14.4 Å². The first-order chi connectivity index (χ1) is 17.5. The van der Waals surface area contributed by atoms with Crippen LogP contribution in [0.4, 0.5) is 5.69 Å². The molecule has 4 atom stereocenters. The van der Waals surface area contributed by atoms with Crippen LogP contribution in [0.1, 0.15) is 11.1 Å². The molecule has 1 saturated heterocycles. The molecule has 3 aromatic rings. The zero-order chi connectivity index (χ0) is 25.0. The number of nitrogens with zero attached hydrogens (tertiary/aromatic N) is 1. The molecule has 6 heteroatoms. The minimum absolute atomic E-state index is 0.130. The predicted molar refractivity (Wildman–Crippen MR) is 142 cm³/mol. The Morgan fingerprint density at radius 3 is 1.64 bits per heavy atom. The van der Waals surface area contributed by atoms with E-state index >= 15 is 0 Å². The van der Waals surface area contributed by atoms with Crippen LogP contribution in [0.15, 0.2) is 95.0 Å². The zero-order valence-corrected chi connectivity index (χ0v) is 21.4. The lowest BCUT2D eigenvalue weighted by molar-refractivity contribution is -0.122. The lowest BCUT2D eigenvalue weighted by Gasteiger charge is -2.22. The first-order valence-electron chi connectivity index (χ1n) is 11.9. The molecule has 5 nitrogen and oxygen atoms in total. The molecule has 2 aliphatic carbocycles. The summed E-state index contributed by atoms with van der Waals surface area (Å²) in [5, 5.41) is 0. The maximum Gasteiger partial charge on any atom is 0.238 e. The minimum Gasteiger partial charge on any atom is -0.497 e. The maximum absolute atomic E-state index is 13.7. The number of amides is 2. The van der Waals surface area contributed by atoms with Gasteiger partial charge in [-0.15, -0.1) is 0 Å². The van der Waals surface area contributed by atoms with Crippen molar-refractivity contribution in [2.24, 2.45) is 23.7 Å². The SMILES string of the molecule is COc1ccc(C(=C2[C@H]3C=C[C@H]2[C@H]2C(=O)N(c4ccccc4Br)C(=O)[C@H]23)c2ccc(OC)cc2)cc1. The summed E-state index contributed by atoms with van der Waals surface area (Å²) in [4.78, 5) is 28.9. The Morgan fingerprint density at radius 2 is 1.19 bits per heavy atom. The molecule has 0 spiro atoms. The van der Waals surface area contributed by atoms with Crippen molar-refractivity contribution in [1.29, 1.82) is 0 Å². The second-order valence-electron chi connectivity index (χ2n) is 9.24. The number of methoxy groups -OCH3 is 2. The zero-order valence-electron chi connectivity index (χ0n) is 19.9. The molecule has 1 aliphatic heterocycles. The van der Waals surface area contributed by atoms with Crippen LogP contribution in [0.3, 0.4) is 0 Å². The number of rotatable bonds is 5. The average molecular weight is 542 g/mol. The average Bonchev–Trinajstić information content (AvgIpc) is 3.54. The molecule has 180 valence electrons. The summed E-state index contributed by atoms with van der Waals surface area (Å²) >= 11 is 3.52. The van der Waals surface area contributed by atoms with Crippen LogP contribution in [0.5, 0.6) is 11.5 Å². The van der Waals surface area contributed by atoms with E-state index in [0.717, 1.165) is 38.2 Å². The standard InChI is InChI=1S/C30H24BrNO4/c1-35-19-11-7-17(8-12-19)25(18-9-13-20(36-2)14-10-18)26-21-15-16-22(26)28-27(21)29(33)32(30(28)34)24-6-4-3-5-23(24)31/h3-16,21-22,27-28H,1-2H3/t21-,22-,27-,28+/m1/s1. The van der Waals surface area contributed by atoms with E-state index < -0.39 is 11.8 Å². The Bertz CT molecular complexity index is 1340. The molecule has 2 amide bonds. The number of hydrogen-bond donors (Lipinski definition) is 0. The van der Waals surface area contributed by atoms with Gasteiger partial charge < -0.3 is 9.47 Å². The van der Waals surface area contributed by atoms with Gasteiger partial charge in [0.25, 0.3) is 0 Å². The fourth-order valence-electron chi connectivity index (χ4n) is 5.98. The van der Waals surface area contributed by atoms with Gasteiger partial charge in [-0.3, -0.25) is 9.59 Å². The van der Waals surface area contributed by atoms with Crippen LogP contribution in [0.25, 0.3) is 5.57 Å². The quantitative estimate of drug-likeness (QED) is 0.298.